The third-order valence-corrected chi connectivity index (χ3v) is 5.11. The van der Waals surface area contributed by atoms with Crippen LogP contribution in [0.15, 0.2) is 0 Å². The fraction of sp³-hybridized carbons (Fsp3) is 1.00. The van der Waals surface area contributed by atoms with Crippen molar-refractivity contribution in [1.29, 1.82) is 0 Å². The minimum atomic E-state index is 0.323. The van der Waals surface area contributed by atoms with Gasteiger partial charge >= 0.3 is 0 Å². The first-order valence-electron chi connectivity index (χ1n) is 7.30. The standard InChI is InChI=1S/C15H30N2/c1-7-15(6)10-17(13-8-14(13,4)5)12(9-16-15)11(2)3/h11-13,16H,7-10H2,1-6H3. The van der Waals surface area contributed by atoms with Gasteiger partial charge in [-0.05, 0) is 31.1 Å². The number of nitrogens with zero attached hydrogens (tertiary/aromatic N) is 1. The average molecular weight is 238 g/mol. The molecule has 2 nitrogen and oxygen atoms in total. The Morgan fingerprint density at radius 1 is 1.29 bits per heavy atom. The predicted octanol–water partition coefficient (Wildman–Crippen LogP) is 2.88. The molecule has 1 heterocycles. The summed E-state index contributed by atoms with van der Waals surface area (Å²) in [4.78, 5) is 2.81. The lowest BCUT2D eigenvalue weighted by Gasteiger charge is -2.48. The van der Waals surface area contributed by atoms with Gasteiger partial charge in [0.15, 0.2) is 0 Å². The summed E-state index contributed by atoms with van der Waals surface area (Å²) in [5, 5.41) is 3.77. The monoisotopic (exact) mass is 238 g/mol. The van der Waals surface area contributed by atoms with Gasteiger partial charge in [0.05, 0.1) is 0 Å². The predicted molar refractivity (Wildman–Crippen MR) is 74.2 cm³/mol. The van der Waals surface area contributed by atoms with Crippen LogP contribution >= 0.6 is 0 Å². The summed E-state index contributed by atoms with van der Waals surface area (Å²) in [6.07, 6.45) is 2.61. The minimum Gasteiger partial charge on any atom is -0.309 e. The van der Waals surface area contributed by atoms with Crippen LogP contribution in [-0.4, -0.2) is 35.6 Å². The number of piperazine rings is 1. The van der Waals surface area contributed by atoms with Crippen LogP contribution in [0.25, 0.3) is 0 Å². The molecule has 1 N–H and O–H groups in total. The summed E-state index contributed by atoms with van der Waals surface area (Å²) >= 11 is 0. The van der Waals surface area contributed by atoms with Crippen LogP contribution in [-0.2, 0) is 0 Å². The van der Waals surface area contributed by atoms with Crippen molar-refractivity contribution in [2.75, 3.05) is 13.1 Å². The summed E-state index contributed by atoms with van der Waals surface area (Å²) in [5.74, 6) is 0.750. The van der Waals surface area contributed by atoms with E-state index in [0.717, 1.165) is 24.5 Å². The maximum Gasteiger partial charge on any atom is 0.0278 e. The largest absolute Gasteiger partial charge is 0.309 e. The molecule has 0 aromatic carbocycles. The third-order valence-electron chi connectivity index (χ3n) is 5.11. The summed E-state index contributed by atoms with van der Waals surface area (Å²) in [6.45, 7) is 16.6. The molecule has 0 bridgehead atoms. The quantitative estimate of drug-likeness (QED) is 0.813. The molecular weight excluding hydrogens is 208 g/mol. The van der Waals surface area contributed by atoms with E-state index in [0.29, 0.717) is 11.0 Å². The molecule has 0 amide bonds. The van der Waals surface area contributed by atoms with Crippen LogP contribution in [0.1, 0.15) is 54.4 Å². The molecule has 3 unspecified atom stereocenters. The van der Waals surface area contributed by atoms with E-state index in [1.54, 1.807) is 0 Å². The van der Waals surface area contributed by atoms with E-state index >= 15 is 0 Å². The Kier molecular flexibility index (Phi) is 3.33. The zero-order valence-corrected chi connectivity index (χ0v) is 12.5. The van der Waals surface area contributed by atoms with E-state index in [2.05, 4.69) is 51.8 Å². The normalized spacial score (nSPS) is 41.8. The van der Waals surface area contributed by atoms with Crippen LogP contribution in [0.4, 0.5) is 0 Å². The Labute approximate surface area is 107 Å². The van der Waals surface area contributed by atoms with Crippen molar-refractivity contribution >= 4 is 0 Å². The molecule has 0 radical (unpaired) electrons. The van der Waals surface area contributed by atoms with E-state index in [9.17, 15) is 0 Å². The molecule has 1 aliphatic heterocycles. The van der Waals surface area contributed by atoms with Crippen molar-refractivity contribution < 1.29 is 0 Å². The van der Waals surface area contributed by atoms with Gasteiger partial charge in [0.2, 0.25) is 0 Å². The van der Waals surface area contributed by atoms with Gasteiger partial charge < -0.3 is 5.32 Å². The van der Waals surface area contributed by atoms with Crippen LogP contribution in [0.5, 0.6) is 0 Å². The van der Waals surface area contributed by atoms with Crippen LogP contribution in [0.3, 0.4) is 0 Å². The Hall–Kier alpha value is -0.0800. The lowest BCUT2D eigenvalue weighted by molar-refractivity contribution is 0.0443. The maximum atomic E-state index is 3.77. The SMILES string of the molecule is CCC1(C)CN(C2CC2(C)C)C(C(C)C)CN1. The highest BCUT2D eigenvalue weighted by molar-refractivity contribution is 5.08. The van der Waals surface area contributed by atoms with E-state index in [1.807, 2.05) is 0 Å². The Morgan fingerprint density at radius 3 is 2.29 bits per heavy atom. The van der Waals surface area contributed by atoms with Crippen molar-refractivity contribution in [3.8, 4) is 0 Å². The van der Waals surface area contributed by atoms with Crippen LogP contribution < -0.4 is 5.32 Å². The second-order valence-corrected chi connectivity index (χ2v) is 7.49. The smallest absolute Gasteiger partial charge is 0.0278 e. The number of rotatable bonds is 3. The first kappa shape index (κ1) is 13.4. The fourth-order valence-electron chi connectivity index (χ4n) is 3.25. The molecule has 0 spiro atoms. The summed E-state index contributed by atoms with van der Waals surface area (Å²) in [7, 11) is 0. The van der Waals surface area contributed by atoms with Crippen molar-refractivity contribution in [2.24, 2.45) is 11.3 Å². The van der Waals surface area contributed by atoms with Crippen molar-refractivity contribution in [3.05, 3.63) is 0 Å². The molecule has 100 valence electrons. The highest BCUT2D eigenvalue weighted by Crippen LogP contribution is 2.50. The van der Waals surface area contributed by atoms with Crippen molar-refractivity contribution in [3.63, 3.8) is 0 Å². The van der Waals surface area contributed by atoms with Gasteiger partial charge in [0.25, 0.3) is 0 Å². The molecule has 17 heavy (non-hydrogen) atoms. The maximum absolute atomic E-state index is 3.77. The second kappa shape index (κ2) is 4.24. The lowest BCUT2D eigenvalue weighted by Crippen LogP contribution is -2.64. The molecule has 1 saturated heterocycles. The van der Waals surface area contributed by atoms with Crippen LogP contribution in [0, 0.1) is 11.3 Å². The zero-order valence-electron chi connectivity index (χ0n) is 12.5. The van der Waals surface area contributed by atoms with Gasteiger partial charge in [-0.15, -0.1) is 0 Å². The van der Waals surface area contributed by atoms with E-state index in [-0.39, 0.29) is 0 Å². The van der Waals surface area contributed by atoms with Gasteiger partial charge in [-0.2, -0.15) is 0 Å². The zero-order chi connectivity index (χ0) is 12.8. The second-order valence-electron chi connectivity index (χ2n) is 7.49. The molecule has 2 fully saturated rings. The number of nitrogens with one attached hydrogen (secondary N) is 1. The molecular formula is C15H30N2. The van der Waals surface area contributed by atoms with Gasteiger partial charge in [0, 0.05) is 30.7 Å². The first-order chi connectivity index (χ1) is 7.79. The highest BCUT2D eigenvalue weighted by Gasteiger charge is 2.53. The molecule has 2 rings (SSSR count). The number of hydrogen-bond donors (Lipinski definition) is 1. The van der Waals surface area contributed by atoms with E-state index in [1.165, 1.54) is 19.4 Å². The van der Waals surface area contributed by atoms with Crippen LogP contribution in [0.2, 0.25) is 0 Å². The van der Waals surface area contributed by atoms with Crippen molar-refractivity contribution in [2.45, 2.75) is 72.0 Å². The Balaban J connectivity index is 2.11. The van der Waals surface area contributed by atoms with Gasteiger partial charge in [-0.1, -0.05) is 34.6 Å². The molecule has 2 heteroatoms. The lowest BCUT2D eigenvalue weighted by atomic mass is 9.89. The highest BCUT2D eigenvalue weighted by atomic mass is 15.3. The Morgan fingerprint density at radius 2 is 1.88 bits per heavy atom. The minimum absolute atomic E-state index is 0.323. The first-order valence-corrected chi connectivity index (χ1v) is 7.30. The third kappa shape index (κ3) is 2.53. The Bertz CT molecular complexity index is 285. The van der Waals surface area contributed by atoms with Crippen molar-refractivity contribution in [1.82, 2.24) is 10.2 Å². The fourth-order valence-corrected chi connectivity index (χ4v) is 3.25. The number of hydrogen-bond acceptors (Lipinski definition) is 2. The average Bonchev–Trinajstić information content (AvgIpc) is 2.87. The molecule has 1 saturated carbocycles. The topological polar surface area (TPSA) is 15.3 Å². The molecule has 0 aromatic heterocycles. The van der Waals surface area contributed by atoms with E-state index < -0.39 is 0 Å². The summed E-state index contributed by atoms with van der Waals surface area (Å²) in [6, 6.07) is 1.55. The molecule has 1 aliphatic carbocycles. The van der Waals surface area contributed by atoms with Gasteiger partial charge in [-0.25, -0.2) is 0 Å². The van der Waals surface area contributed by atoms with Gasteiger partial charge in [0.1, 0.15) is 0 Å². The summed E-state index contributed by atoms with van der Waals surface area (Å²) in [5.41, 5.74) is 0.878. The van der Waals surface area contributed by atoms with Gasteiger partial charge in [-0.3, -0.25) is 4.90 Å². The molecule has 0 aromatic rings. The molecule has 3 atom stereocenters. The molecule has 2 aliphatic rings. The van der Waals surface area contributed by atoms with E-state index in [4.69, 9.17) is 0 Å². The summed E-state index contributed by atoms with van der Waals surface area (Å²) < 4.78 is 0.